The van der Waals surface area contributed by atoms with E-state index in [1.54, 1.807) is 0 Å². The highest BCUT2D eigenvalue weighted by Gasteiger charge is 2.56. The zero-order chi connectivity index (χ0) is 27.8. The highest BCUT2D eigenvalue weighted by atomic mass is 31.2. The van der Waals surface area contributed by atoms with Gasteiger partial charge in [0.05, 0.1) is 17.6 Å². The first kappa shape index (κ1) is 28.4. The fourth-order valence-electron chi connectivity index (χ4n) is 4.20. The van der Waals surface area contributed by atoms with Crippen molar-refractivity contribution < 1.29 is 38.3 Å². The van der Waals surface area contributed by atoms with Crippen LogP contribution in [0, 0.1) is 13.8 Å². The van der Waals surface area contributed by atoms with E-state index < -0.39 is 80.8 Å². The molecule has 18 heteroatoms. The van der Waals surface area contributed by atoms with Crippen molar-refractivity contribution in [2.75, 3.05) is 13.2 Å². The van der Waals surface area contributed by atoms with Crippen LogP contribution in [0.5, 0.6) is 0 Å². The van der Waals surface area contributed by atoms with Crippen molar-refractivity contribution in [3.8, 4) is 0 Å². The molecule has 2 fully saturated rings. The molecule has 2 aliphatic heterocycles. The molecule has 0 spiro atoms. The van der Waals surface area contributed by atoms with Crippen molar-refractivity contribution >= 4 is 8.17 Å². The maximum Gasteiger partial charge on any atom is 0.629 e. The van der Waals surface area contributed by atoms with Gasteiger partial charge >= 0.3 is 19.5 Å². The Morgan fingerprint density at radius 1 is 1.00 bits per heavy atom. The Morgan fingerprint density at radius 2 is 1.53 bits per heavy atom. The Labute approximate surface area is 213 Å². The summed E-state index contributed by atoms with van der Waals surface area (Å²) in [5, 5.41) is 20.1. The summed E-state index contributed by atoms with van der Waals surface area (Å²) < 4.78 is 28.7. The number of ether oxygens (including phenoxy) is 2. The zero-order valence-corrected chi connectivity index (χ0v) is 21.2. The van der Waals surface area contributed by atoms with Gasteiger partial charge in [0.15, 0.2) is 0 Å². The van der Waals surface area contributed by atoms with Crippen LogP contribution in [0.2, 0.25) is 0 Å². The minimum atomic E-state index is -4.51. The lowest BCUT2D eigenvalue weighted by atomic mass is 10.2. The van der Waals surface area contributed by atoms with E-state index in [0.717, 1.165) is 9.13 Å². The summed E-state index contributed by atoms with van der Waals surface area (Å²) in [5.41, 5.74) is -2.11. The topological polar surface area (TPSA) is 242 Å². The van der Waals surface area contributed by atoms with Crippen LogP contribution in [0.4, 0.5) is 0 Å². The van der Waals surface area contributed by atoms with E-state index in [1.165, 1.54) is 26.2 Å². The summed E-state index contributed by atoms with van der Waals surface area (Å²) in [6, 6.07) is 0. The number of aliphatic hydroxyl groups excluding tert-OH is 2. The van der Waals surface area contributed by atoms with E-state index in [-0.39, 0.29) is 24.0 Å². The molecule has 0 aromatic carbocycles. The Hall–Kier alpha value is -2.57. The lowest BCUT2D eigenvalue weighted by Gasteiger charge is -2.19. The molecule has 0 saturated carbocycles. The van der Waals surface area contributed by atoms with Crippen LogP contribution < -0.4 is 28.4 Å². The smallest absolute Gasteiger partial charge is 0.394 e. The number of aliphatic hydroxyl groups is 2. The fourth-order valence-corrected chi connectivity index (χ4v) is 5.25. The van der Waals surface area contributed by atoms with Gasteiger partial charge in [-0.15, -0.1) is 9.05 Å². The van der Waals surface area contributed by atoms with Crippen LogP contribution in [0.1, 0.15) is 36.4 Å². The van der Waals surface area contributed by atoms with Gasteiger partial charge in [-0.1, -0.05) is 4.62 Å². The van der Waals surface area contributed by atoms with Crippen molar-refractivity contribution in [3.63, 3.8) is 0 Å². The molecule has 1 unspecified atom stereocenters. The minimum Gasteiger partial charge on any atom is -0.394 e. The van der Waals surface area contributed by atoms with E-state index in [0.29, 0.717) is 0 Å². The molecule has 1 radical (unpaired) electrons. The molecule has 17 nitrogen and oxygen atoms in total. The number of hydrogen-bond donors (Lipinski definition) is 5. The van der Waals surface area contributed by atoms with Crippen LogP contribution >= 0.6 is 8.17 Å². The Morgan fingerprint density at radius 3 is 2.05 bits per heavy atom. The predicted octanol–water partition coefficient (Wildman–Crippen LogP) is -1.97. The number of nitrogens with two attached hydrogens (primary N) is 1. The second kappa shape index (κ2) is 11.3. The van der Waals surface area contributed by atoms with Gasteiger partial charge in [0.2, 0.25) is 0 Å². The molecule has 4 heterocycles. The number of aromatic amines is 2. The summed E-state index contributed by atoms with van der Waals surface area (Å²) in [4.78, 5) is 65.0. The third-order valence-electron chi connectivity index (χ3n) is 6.27. The van der Waals surface area contributed by atoms with Gasteiger partial charge in [-0.3, -0.25) is 28.7 Å². The van der Waals surface area contributed by atoms with Crippen LogP contribution in [-0.4, -0.2) is 66.9 Å². The number of aryl methyl sites for hydroxylation is 2. The van der Waals surface area contributed by atoms with Crippen LogP contribution in [-0.2, 0) is 28.0 Å². The standard InChI is InChI=1S/C20H28N5O12P/c1-9-5-24(19(30)22-17(9)28)15-3-11(27)14(35-15)8-33-38(32,37-21)36-12-4-16(34-13(12)7-26)25-6-10(2)18(29)23-20(25)31/h5-6,11-16,26-27H,3-4,7-8,21H2,1-2H3,(H,22,28,30)(H,23,29,31)/q+1/t11-,12-,13+,14+,15+,16+,38?/m0/s1. The molecular weight excluding hydrogens is 533 g/mol. The monoisotopic (exact) mass is 561 g/mol. The fraction of sp³-hybridized carbons (Fsp3) is 0.600. The number of hydrogen-bond acceptors (Lipinski definition) is 12. The predicted molar refractivity (Wildman–Crippen MR) is 126 cm³/mol. The molecule has 0 amide bonds. The molecule has 7 atom stereocenters. The van der Waals surface area contributed by atoms with Gasteiger partial charge in [-0.25, -0.2) is 9.59 Å². The maximum atomic E-state index is 13.1. The molecule has 2 saturated heterocycles. The van der Waals surface area contributed by atoms with Crippen molar-refractivity contribution in [1.29, 1.82) is 0 Å². The molecular formula is C20H28N5O12P+. The van der Waals surface area contributed by atoms with Crippen LogP contribution in [0.15, 0.2) is 31.6 Å². The first-order valence-corrected chi connectivity index (χ1v) is 13.0. The van der Waals surface area contributed by atoms with E-state index in [9.17, 15) is 34.3 Å². The van der Waals surface area contributed by atoms with Gasteiger partial charge in [-0.2, -0.15) is 5.90 Å². The van der Waals surface area contributed by atoms with E-state index >= 15 is 0 Å². The van der Waals surface area contributed by atoms with Gasteiger partial charge in [0, 0.05) is 36.4 Å². The minimum absolute atomic E-state index is 0.0356. The molecule has 0 aliphatic carbocycles. The first-order valence-electron chi connectivity index (χ1n) is 11.5. The average Bonchev–Trinajstić information content (AvgIpc) is 3.44. The second-order valence-corrected chi connectivity index (χ2v) is 10.5. The average molecular weight is 561 g/mol. The Balaban J connectivity index is 1.42. The summed E-state index contributed by atoms with van der Waals surface area (Å²) in [7, 11) is -4.51. The lowest BCUT2D eigenvalue weighted by molar-refractivity contribution is -0.0695. The van der Waals surface area contributed by atoms with E-state index in [1.807, 2.05) is 0 Å². The highest BCUT2D eigenvalue weighted by Crippen LogP contribution is 2.60. The summed E-state index contributed by atoms with van der Waals surface area (Å²) in [6.45, 7) is 1.88. The maximum absolute atomic E-state index is 13.1. The number of H-pyrrole nitrogens is 2. The van der Waals surface area contributed by atoms with Gasteiger partial charge < -0.3 is 19.7 Å². The molecule has 2 aromatic rings. The first-order chi connectivity index (χ1) is 17.9. The quantitative estimate of drug-likeness (QED) is 0.165. The zero-order valence-electron chi connectivity index (χ0n) is 20.3. The number of nitrogens with zero attached hydrogens (tertiary/aromatic N) is 2. The van der Waals surface area contributed by atoms with Crippen LogP contribution in [0.25, 0.3) is 0 Å². The third kappa shape index (κ3) is 5.86. The number of rotatable bonds is 9. The number of nitrogens with one attached hydrogen (secondary N) is 2. The van der Waals surface area contributed by atoms with Gasteiger partial charge in [0.1, 0.15) is 37.4 Å². The summed E-state index contributed by atoms with van der Waals surface area (Å²) in [5.74, 6) is 5.17. The Bertz CT molecular complexity index is 1390. The molecule has 209 valence electrons. The lowest BCUT2D eigenvalue weighted by Crippen LogP contribution is -2.33. The SMILES string of the molecule is Cc1cn([C@H]2C[C@H](O[P+]([O])(ON)OC[C@H]3O[C@@H](n4cc(C)c(=O)[nH]c4=O)C[C@@H]3O)[C@@H](CO)O2)c(=O)[nH]c1=O. The molecule has 6 N–H and O–H groups in total. The van der Waals surface area contributed by atoms with Crippen molar-refractivity contribution in [3.05, 3.63) is 65.2 Å². The molecule has 4 rings (SSSR count). The van der Waals surface area contributed by atoms with Crippen LogP contribution in [0.3, 0.4) is 0 Å². The van der Waals surface area contributed by atoms with Crippen molar-refractivity contribution in [1.82, 2.24) is 19.1 Å². The molecule has 0 bridgehead atoms. The van der Waals surface area contributed by atoms with E-state index in [2.05, 4.69) is 14.6 Å². The molecule has 2 aromatic heterocycles. The summed E-state index contributed by atoms with van der Waals surface area (Å²) >= 11 is 0. The summed E-state index contributed by atoms with van der Waals surface area (Å²) in [6.07, 6.45) is -3.86. The van der Waals surface area contributed by atoms with Gasteiger partial charge in [0.25, 0.3) is 11.1 Å². The Kier molecular flexibility index (Phi) is 8.43. The van der Waals surface area contributed by atoms with E-state index in [4.69, 9.17) is 24.4 Å². The third-order valence-corrected chi connectivity index (χ3v) is 7.52. The number of aromatic nitrogens is 4. The highest BCUT2D eigenvalue weighted by molar-refractivity contribution is 7.55. The van der Waals surface area contributed by atoms with Crippen molar-refractivity contribution in [2.24, 2.45) is 5.90 Å². The largest absolute Gasteiger partial charge is 0.629 e. The second-order valence-electron chi connectivity index (χ2n) is 8.93. The van der Waals surface area contributed by atoms with Crippen molar-refractivity contribution in [2.45, 2.75) is 63.6 Å². The molecule has 38 heavy (non-hydrogen) atoms. The van der Waals surface area contributed by atoms with Gasteiger partial charge in [-0.05, 0) is 13.8 Å². The molecule has 2 aliphatic rings. The normalized spacial score (nSPS) is 29.0.